The number of hydrogen-bond acceptors (Lipinski definition) is 2. The van der Waals surface area contributed by atoms with Crippen molar-refractivity contribution in [3.05, 3.63) is 57.7 Å². The van der Waals surface area contributed by atoms with Crippen molar-refractivity contribution in [1.82, 2.24) is 0 Å². The maximum Gasteiger partial charge on any atom is 0.189 e. The van der Waals surface area contributed by atoms with Crippen LogP contribution in [0.3, 0.4) is 0 Å². The number of hydrogen-bond donors (Lipinski definition) is 1. The second-order valence-electron chi connectivity index (χ2n) is 9.49. The van der Waals surface area contributed by atoms with Crippen LogP contribution in [-0.4, -0.2) is 10.9 Å². The van der Waals surface area contributed by atoms with Gasteiger partial charge >= 0.3 is 0 Å². The molecule has 0 fully saturated rings. The first-order valence-electron chi connectivity index (χ1n) is 9.94. The van der Waals surface area contributed by atoms with E-state index in [1.54, 1.807) is 0 Å². The van der Waals surface area contributed by atoms with Crippen LogP contribution in [0.5, 0.6) is 5.75 Å². The van der Waals surface area contributed by atoms with Crippen LogP contribution in [0.15, 0.2) is 41.0 Å². The van der Waals surface area contributed by atoms with Crippen molar-refractivity contribution in [3.8, 4) is 5.75 Å². The van der Waals surface area contributed by atoms with E-state index < -0.39 is 0 Å². The highest BCUT2D eigenvalue weighted by molar-refractivity contribution is 6.15. The van der Waals surface area contributed by atoms with Gasteiger partial charge in [-0.05, 0) is 53.0 Å². The van der Waals surface area contributed by atoms with E-state index in [-0.39, 0.29) is 22.4 Å². The first-order valence-corrected chi connectivity index (χ1v) is 9.94. The average Bonchev–Trinajstić information content (AvgIpc) is 2.56. The molecule has 0 aromatic heterocycles. The lowest BCUT2D eigenvalue weighted by Crippen LogP contribution is -2.21. The highest BCUT2D eigenvalue weighted by Gasteiger charge is 2.29. The minimum absolute atomic E-state index is 0.0540. The fourth-order valence-corrected chi connectivity index (χ4v) is 3.35. The Hall–Kier alpha value is -2.09. The molecule has 0 saturated carbocycles. The number of ketones is 1. The van der Waals surface area contributed by atoms with Gasteiger partial charge in [0.1, 0.15) is 5.75 Å². The minimum Gasteiger partial charge on any atom is -0.507 e. The fourth-order valence-electron chi connectivity index (χ4n) is 3.35. The Bertz CT molecular complexity index is 834. The predicted octanol–water partition coefficient (Wildman–Crippen LogP) is 6.53. The topological polar surface area (TPSA) is 37.3 Å². The van der Waals surface area contributed by atoms with Crippen molar-refractivity contribution in [2.45, 2.75) is 73.6 Å². The quantitative estimate of drug-likeness (QED) is 0.618. The van der Waals surface area contributed by atoms with Crippen LogP contribution in [0, 0.1) is 5.41 Å². The number of carbonyl (C=O) groups is 1. The Kier molecular flexibility index (Phi) is 5.89. The van der Waals surface area contributed by atoms with Gasteiger partial charge < -0.3 is 5.11 Å². The van der Waals surface area contributed by atoms with Gasteiger partial charge in [0.25, 0.3) is 0 Å². The van der Waals surface area contributed by atoms with Crippen molar-refractivity contribution >= 4 is 11.9 Å². The van der Waals surface area contributed by atoms with Gasteiger partial charge in [0.2, 0.25) is 0 Å². The first kappa shape index (κ1) is 21.2. The zero-order valence-electron chi connectivity index (χ0n) is 18.2. The second kappa shape index (κ2) is 7.50. The number of carbonyl (C=O) groups excluding carboxylic acids is 1. The summed E-state index contributed by atoms with van der Waals surface area (Å²) in [7, 11) is 0. The summed E-state index contributed by atoms with van der Waals surface area (Å²) in [6.07, 6.45) is 7.62. The Morgan fingerprint density at radius 2 is 1.56 bits per heavy atom. The summed E-state index contributed by atoms with van der Waals surface area (Å²) in [6, 6.07) is 4.08. The number of benzene rings is 1. The summed E-state index contributed by atoms with van der Waals surface area (Å²) in [6.45, 7) is 16.7. The number of Topliss-reactive ketones (excluding diaryl/α,β-unsaturated/α-hetero) is 1. The molecule has 0 heterocycles. The van der Waals surface area contributed by atoms with E-state index in [2.05, 4.69) is 61.5 Å². The molecule has 1 aliphatic rings. The van der Waals surface area contributed by atoms with Crippen LogP contribution in [0.4, 0.5) is 0 Å². The van der Waals surface area contributed by atoms with Crippen LogP contribution >= 0.6 is 0 Å². The molecule has 0 spiro atoms. The van der Waals surface area contributed by atoms with Crippen molar-refractivity contribution < 1.29 is 9.90 Å². The molecule has 2 heteroatoms. The number of phenols is 1. The molecule has 0 unspecified atom stereocenters. The van der Waals surface area contributed by atoms with Crippen LogP contribution < -0.4 is 0 Å². The minimum atomic E-state index is -0.214. The van der Waals surface area contributed by atoms with Gasteiger partial charge in [0.05, 0.1) is 0 Å². The van der Waals surface area contributed by atoms with E-state index in [1.165, 1.54) is 5.56 Å². The molecule has 2 nitrogen and oxygen atoms in total. The van der Waals surface area contributed by atoms with Crippen molar-refractivity contribution in [2.75, 3.05) is 0 Å². The Labute approximate surface area is 164 Å². The summed E-state index contributed by atoms with van der Waals surface area (Å²) in [4.78, 5) is 13.1. The molecule has 0 amide bonds. The summed E-state index contributed by atoms with van der Waals surface area (Å²) in [5.74, 6) is 0.330. The summed E-state index contributed by atoms with van der Waals surface area (Å²) >= 11 is 0. The third-order valence-corrected chi connectivity index (χ3v) is 5.12. The third-order valence-electron chi connectivity index (χ3n) is 5.12. The number of rotatable bonds is 3. The van der Waals surface area contributed by atoms with Crippen LogP contribution in [0.2, 0.25) is 0 Å². The van der Waals surface area contributed by atoms with Crippen LogP contribution in [-0.2, 0) is 16.6 Å². The second-order valence-corrected chi connectivity index (χ2v) is 9.49. The predicted molar refractivity (Wildman–Crippen MR) is 115 cm³/mol. The molecule has 2 rings (SSSR count). The van der Waals surface area contributed by atoms with Gasteiger partial charge in [-0.25, -0.2) is 0 Å². The lowest BCUT2D eigenvalue weighted by molar-refractivity contribution is -0.112. The van der Waals surface area contributed by atoms with Gasteiger partial charge in [0, 0.05) is 22.3 Å². The summed E-state index contributed by atoms with van der Waals surface area (Å²) in [5.41, 5.74) is 5.06. The maximum absolute atomic E-state index is 13.1. The monoisotopic (exact) mass is 366 g/mol. The van der Waals surface area contributed by atoms with E-state index in [0.717, 1.165) is 35.1 Å². The lowest BCUT2D eigenvalue weighted by atomic mass is 9.77. The Balaban J connectivity index is 2.66. The van der Waals surface area contributed by atoms with E-state index in [0.29, 0.717) is 5.57 Å². The maximum atomic E-state index is 13.1. The molecular formula is C25H34O2. The first-order chi connectivity index (χ1) is 12.4. The van der Waals surface area contributed by atoms with Gasteiger partial charge in [-0.2, -0.15) is 0 Å². The van der Waals surface area contributed by atoms with E-state index in [4.69, 9.17) is 0 Å². The number of allylic oxidation sites excluding steroid dienone is 5. The number of aryl methyl sites for hydroxylation is 1. The standard InChI is InChI=1S/C25H34O2/c1-9-16-11-18(22(26)20(13-16)24(3,4)5)15-19-12-17(10-2)14-21(23(19)27)25(6,7)8/h11-15,26H,9-10H2,1-8H3. The van der Waals surface area contributed by atoms with Gasteiger partial charge in [-0.15, -0.1) is 0 Å². The molecule has 0 bridgehead atoms. The molecule has 1 N–H and O–H groups in total. The van der Waals surface area contributed by atoms with E-state index in [1.807, 2.05) is 24.3 Å². The molecule has 0 saturated heterocycles. The van der Waals surface area contributed by atoms with Crippen LogP contribution in [0.25, 0.3) is 6.08 Å². The summed E-state index contributed by atoms with van der Waals surface area (Å²) in [5, 5.41) is 10.9. The molecule has 0 atom stereocenters. The van der Waals surface area contributed by atoms with Gasteiger partial charge in [0.15, 0.2) is 5.78 Å². The molecule has 1 aromatic rings. The zero-order chi connectivity index (χ0) is 20.6. The Morgan fingerprint density at radius 3 is 2.04 bits per heavy atom. The molecule has 0 radical (unpaired) electrons. The van der Waals surface area contributed by atoms with Crippen molar-refractivity contribution in [1.29, 1.82) is 0 Å². The molecule has 0 aliphatic heterocycles. The molecule has 1 aliphatic carbocycles. The molecule has 27 heavy (non-hydrogen) atoms. The lowest BCUT2D eigenvalue weighted by Gasteiger charge is -2.26. The fraction of sp³-hybridized carbons (Fsp3) is 0.480. The Morgan fingerprint density at radius 1 is 0.926 bits per heavy atom. The molecule has 146 valence electrons. The smallest absolute Gasteiger partial charge is 0.189 e. The van der Waals surface area contributed by atoms with Crippen LogP contribution in [0.1, 0.15) is 78.5 Å². The van der Waals surface area contributed by atoms with E-state index >= 15 is 0 Å². The molecule has 1 aromatic carbocycles. The highest BCUT2D eigenvalue weighted by Crippen LogP contribution is 2.38. The van der Waals surface area contributed by atoms with Gasteiger partial charge in [-0.3, -0.25) is 4.79 Å². The summed E-state index contributed by atoms with van der Waals surface area (Å²) < 4.78 is 0. The van der Waals surface area contributed by atoms with Crippen molar-refractivity contribution in [3.63, 3.8) is 0 Å². The normalized spacial score (nSPS) is 17.2. The molecular weight excluding hydrogens is 332 g/mol. The number of aromatic hydroxyl groups is 1. The average molecular weight is 367 g/mol. The van der Waals surface area contributed by atoms with Gasteiger partial charge in [-0.1, -0.05) is 67.5 Å². The number of phenolic OH excluding ortho intramolecular Hbond substituents is 1. The highest BCUT2D eigenvalue weighted by atomic mass is 16.3. The van der Waals surface area contributed by atoms with E-state index in [9.17, 15) is 9.90 Å². The third kappa shape index (κ3) is 4.61. The zero-order valence-corrected chi connectivity index (χ0v) is 18.2. The SMILES string of the molecule is CCC1=CC(=Cc2cc(CC)cc(C(C)(C)C)c2O)C(=O)C(C(C)(C)C)=C1. The largest absolute Gasteiger partial charge is 0.507 e. The van der Waals surface area contributed by atoms with Crippen molar-refractivity contribution in [2.24, 2.45) is 5.41 Å².